The molecule has 0 amide bonds. The summed E-state index contributed by atoms with van der Waals surface area (Å²) in [5, 5.41) is 3.50. The second-order valence-electron chi connectivity index (χ2n) is 5.04. The van der Waals surface area contributed by atoms with Crippen molar-refractivity contribution in [1.29, 1.82) is 0 Å². The van der Waals surface area contributed by atoms with Crippen LogP contribution in [0.2, 0.25) is 5.15 Å². The van der Waals surface area contributed by atoms with Gasteiger partial charge in [-0.25, -0.2) is 4.98 Å². The van der Waals surface area contributed by atoms with Gasteiger partial charge in [-0.1, -0.05) is 11.6 Å². The van der Waals surface area contributed by atoms with E-state index < -0.39 is 5.79 Å². The highest BCUT2D eigenvalue weighted by Crippen LogP contribution is 2.22. The van der Waals surface area contributed by atoms with E-state index in [1.807, 2.05) is 13.8 Å². The summed E-state index contributed by atoms with van der Waals surface area (Å²) in [6.45, 7) is 6.02. The Morgan fingerprint density at radius 3 is 2.74 bits per heavy atom. The third kappa shape index (κ3) is 4.49. The van der Waals surface area contributed by atoms with Crippen molar-refractivity contribution in [2.45, 2.75) is 26.1 Å². The van der Waals surface area contributed by atoms with Crippen LogP contribution in [0.25, 0.3) is 0 Å². The van der Waals surface area contributed by atoms with Gasteiger partial charge < -0.3 is 20.5 Å². The van der Waals surface area contributed by atoms with Crippen LogP contribution >= 0.6 is 11.6 Å². The summed E-state index contributed by atoms with van der Waals surface area (Å²) in [4.78, 5) is 7.85. The lowest BCUT2D eigenvalue weighted by Crippen LogP contribution is -2.39. The smallest absolute Gasteiger partial charge is 0.223 e. The van der Waals surface area contributed by atoms with Crippen LogP contribution in [0.5, 0.6) is 0 Å². The Morgan fingerprint density at radius 1 is 1.42 bits per heavy atom. The summed E-state index contributed by atoms with van der Waals surface area (Å²) in [6, 6.07) is 1.65. The number of hydrogen-bond donors (Lipinski definition) is 2. The van der Waals surface area contributed by atoms with Gasteiger partial charge in [-0.2, -0.15) is 4.98 Å². The summed E-state index contributed by atoms with van der Waals surface area (Å²) in [5.74, 6) is 0.727. The molecule has 1 aromatic heterocycles. The molecular weight excluding hydrogens is 268 g/mol. The minimum Gasteiger partial charge on any atom is -0.370 e. The van der Waals surface area contributed by atoms with Gasteiger partial charge in [-0.3, -0.25) is 0 Å². The monoisotopic (exact) mass is 286 g/mol. The molecule has 1 aromatic rings. The van der Waals surface area contributed by atoms with Crippen molar-refractivity contribution in [2.24, 2.45) is 5.92 Å². The minimum absolute atomic E-state index is 0.168. The number of ether oxygens (including phenoxy) is 2. The minimum atomic E-state index is -0.460. The molecule has 0 radical (unpaired) electrons. The fourth-order valence-corrected chi connectivity index (χ4v) is 2.01. The van der Waals surface area contributed by atoms with Crippen LogP contribution in [-0.2, 0) is 9.47 Å². The highest BCUT2D eigenvalue weighted by atomic mass is 35.5. The third-order valence-corrected chi connectivity index (χ3v) is 3.10. The van der Waals surface area contributed by atoms with Crippen LogP contribution in [0.3, 0.4) is 0 Å². The van der Waals surface area contributed by atoms with Gasteiger partial charge in [0.05, 0.1) is 13.2 Å². The van der Waals surface area contributed by atoms with Gasteiger partial charge >= 0.3 is 0 Å². The maximum absolute atomic E-state index is 5.80. The van der Waals surface area contributed by atoms with Gasteiger partial charge in [0.15, 0.2) is 5.79 Å². The van der Waals surface area contributed by atoms with Gasteiger partial charge in [0, 0.05) is 18.5 Å². The van der Waals surface area contributed by atoms with E-state index in [9.17, 15) is 0 Å². The number of nitrogen functional groups attached to an aromatic ring is 1. The average Bonchev–Trinajstić information content (AvgIpc) is 2.30. The molecule has 1 fully saturated rings. The molecule has 0 spiro atoms. The van der Waals surface area contributed by atoms with Crippen LogP contribution in [0.15, 0.2) is 6.07 Å². The van der Waals surface area contributed by atoms with E-state index >= 15 is 0 Å². The van der Waals surface area contributed by atoms with Gasteiger partial charge in [0.1, 0.15) is 11.0 Å². The zero-order valence-corrected chi connectivity index (χ0v) is 11.9. The van der Waals surface area contributed by atoms with Crippen molar-refractivity contribution in [3.8, 4) is 0 Å². The van der Waals surface area contributed by atoms with Gasteiger partial charge in [-0.15, -0.1) is 0 Å². The van der Waals surface area contributed by atoms with E-state index in [1.165, 1.54) is 0 Å². The number of anilines is 2. The summed E-state index contributed by atoms with van der Waals surface area (Å²) < 4.78 is 11.2. The van der Waals surface area contributed by atoms with E-state index in [0.29, 0.717) is 30.1 Å². The average molecular weight is 287 g/mol. The van der Waals surface area contributed by atoms with E-state index in [1.54, 1.807) is 6.07 Å². The topological polar surface area (TPSA) is 82.3 Å². The van der Waals surface area contributed by atoms with Crippen molar-refractivity contribution in [3.63, 3.8) is 0 Å². The summed E-state index contributed by atoms with van der Waals surface area (Å²) in [5.41, 5.74) is 5.52. The molecule has 1 aliphatic heterocycles. The largest absolute Gasteiger partial charge is 0.370 e. The number of halogens is 1. The Bertz CT molecular complexity index is 411. The molecule has 106 valence electrons. The molecule has 3 N–H and O–H groups in total. The number of nitrogens with zero attached hydrogens (tertiary/aromatic N) is 2. The van der Waals surface area contributed by atoms with Crippen molar-refractivity contribution in [1.82, 2.24) is 9.97 Å². The first-order valence-corrected chi connectivity index (χ1v) is 6.64. The van der Waals surface area contributed by atoms with E-state index in [0.717, 1.165) is 13.0 Å². The summed E-state index contributed by atoms with van der Waals surface area (Å²) >= 11 is 5.80. The first-order valence-electron chi connectivity index (χ1n) is 6.26. The van der Waals surface area contributed by atoms with E-state index in [-0.39, 0.29) is 5.95 Å². The van der Waals surface area contributed by atoms with E-state index in [2.05, 4.69) is 15.3 Å². The number of nitrogens with one attached hydrogen (secondary N) is 1. The Hall–Kier alpha value is -1.11. The molecule has 0 aromatic carbocycles. The molecule has 19 heavy (non-hydrogen) atoms. The maximum Gasteiger partial charge on any atom is 0.223 e. The lowest BCUT2D eigenvalue weighted by molar-refractivity contribution is -0.262. The third-order valence-electron chi connectivity index (χ3n) is 2.90. The lowest BCUT2D eigenvalue weighted by Gasteiger charge is -2.35. The van der Waals surface area contributed by atoms with Crippen molar-refractivity contribution < 1.29 is 9.47 Å². The molecule has 0 aliphatic carbocycles. The fourth-order valence-electron chi connectivity index (χ4n) is 1.82. The number of hydrogen-bond acceptors (Lipinski definition) is 6. The highest BCUT2D eigenvalue weighted by Gasteiger charge is 2.27. The zero-order chi connectivity index (χ0) is 13.9. The molecule has 1 aliphatic rings. The molecule has 0 unspecified atom stereocenters. The number of aromatic nitrogens is 2. The fraction of sp³-hybridized carbons (Fsp3) is 0.667. The molecule has 0 saturated carbocycles. The molecule has 7 heteroatoms. The molecule has 6 nitrogen and oxygen atoms in total. The molecular formula is C12H19ClN4O2. The predicted molar refractivity (Wildman–Crippen MR) is 74.0 cm³/mol. The van der Waals surface area contributed by atoms with Crippen LogP contribution in [0.1, 0.15) is 20.3 Å². The van der Waals surface area contributed by atoms with Gasteiger partial charge in [0.2, 0.25) is 5.95 Å². The summed E-state index contributed by atoms with van der Waals surface area (Å²) in [7, 11) is 0. The predicted octanol–water partition coefficient (Wildman–Crippen LogP) is 1.91. The quantitative estimate of drug-likeness (QED) is 0.823. The number of rotatable bonds is 4. The standard InChI is InChI=1S/C12H19ClN4O2/c1-12(2)18-6-8(7-19-12)3-4-15-10-5-9(13)16-11(14)17-10/h5,8H,3-4,6-7H2,1-2H3,(H3,14,15,16,17). The molecule has 0 bridgehead atoms. The van der Waals surface area contributed by atoms with Crippen molar-refractivity contribution in [2.75, 3.05) is 30.8 Å². The second kappa shape index (κ2) is 5.90. The maximum atomic E-state index is 5.80. The molecule has 0 atom stereocenters. The lowest BCUT2D eigenvalue weighted by atomic mass is 10.1. The highest BCUT2D eigenvalue weighted by molar-refractivity contribution is 6.29. The molecule has 2 rings (SSSR count). The SMILES string of the molecule is CC1(C)OCC(CCNc2cc(Cl)nc(N)n2)CO1. The van der Waals surface area contributed by atoms with Crippen LogP contribution < -0.4 is 11.1 Å². The van der Waals surface area contributed by atoms with Crippen LogP contribution in [0.4, 0.5) is 11.8 Å². The van der Waals surface area contributed by atoms with Gasteiger partial charge in [0.25, 0.3) is 0 Å². The Kier molecular flexibility index (Phi) is 4.44. The number of nitrogens with two attached hydrogens (primary N) is 1. The van der Waals surface area contributed by atoms with Crippen molar-refractivity contribution >= 4 is 23.4 Å². The second-order valence-corrected chi connectivity index (χ2v) is 5.42. The Morgan fingerprint density at radius 2 is 2.11 bits per heavy atom. The Labute approximate surface area is 117 Å². The zero-order valence-electron chi connectivity index (χ0n) is 11.1. The van der Waals surface area contributed by atoms with Crippen LogP contribution in [-0.4, -0.2) is 35.5 Å². The van der Waals surface area contributed by atoms with Crippen molar-refractivity contribution in [3.05, 3.63) is 11.2 Å². The summed E-state index contributed by atoms with van der Waals surface area (Å²) in [6.07, 6.45) is 0.928. The van der Waals surface area contributed by atoms with E-state index in [4.69, 9.17) is 26.8 Å². The van der Waals surface area contributed by atoms with Gasteiger partial charge in [-0.05, 0) is 20.3 Å². The molecule has 1 saturated heterocycles. The first kappa shape index (κ1) is 14.3. The van der Waals surface area contributed by atoms with Crippen LogP contribution in [0, 0.1) is 5.92 Å². The molecule has 2 heterocycles. The first-order chi connectivity index (χ1) is 8.94. The normalized spacial score (nSPS) is 19.3. The Balaban J connectivity index is 1.75.